The highest BCUT2D eigenvalue weighted by atomic mass is 16.3. The van der Waals surface area contributed by atoms with Crippen LogP contribution in [-0.4, -0.2) is 11.0 Å². The highest BCUT2D eigenvalue weighted by Gasteiger charge is 2.42. The molecule has 0 saturated carbocycles. The Kier molecular flexibility index (Phi) is 6.20. The lowest BCUT2D eigenvalue weighted by Gasteiger charge is -2.38. The maximum absolute atomic E-state index is 13.2. The third kappa shape index (κ3) is 4.34. The minimum Gasteiger partial charge on any atom is -0.378 e. The van der Waals surface area contributed by atoms with Crippen LogP contribution in [0.3, 0.4) is 0 Å². The molecule has 0 spiro atoms. The maximum Gasteiger partial charge on any atom is 0.251 e. The predicted molar refractivity (Wildman–Crippen MR) is 128 cm³/mol. The molecule has 160 valence electrons. The predicted octanol–water partition coefficient (Wildman–Crippen LogP) is 5.71. The van der Waals surface area contributed by atoms with Gasteiger partial charge in [-0.2, -0.15) is 0 Å². The van der Waals surface area contributed by atoms with Crippen LogP contribution in [0.25, 0.3) is 0 Å². The van der Waals surface area contributed by atoms with Gasteiger partial charge in [0.15, 0.2) is 0 Å². The van der Waals surface area contributed by atoms with Gasteiger partial charge in [-0.25, -0.2) is 0 Å². The molecule has 3 nitrogen and oxygen atoms in total. The van der Waals surface area contributed by atoms with Crippen molar-refractivity contribution in [3.8, 4) is 0 Å². The summed E-state index contributed by atoms with van der Waals surface area (Å²) in [5.74, 6) is -0.239. The number of benzene rings is 4. The van der Waals surface area contributed by atoms with E-state index in [1.165, 1.54) is 0 Å². The molecule has 3 heteroatoms. The molecule has 4 aromatic rings. The van der Waals surface area contributed by atoms with Crippen LogP contribution in [0.2, 0.25) is 0 Å². The summed E-state index contributed by atoms with van der Waals surface area (Å²) in [6, 6.07) is 33.7. The number of rotatable bonds is 6. The minimum absolute atomic E-state index is 0.239. The molecule has 1 amide bonds. The Morgan fingerprint density at radius 2 is 1.12 bits per heavy atom. The summed E-state index contributed by atoms with van der Waals surface area (Å²) < 4.78 is 0. The molecule has 0 radical (unpaired) electrons. The van der Waals surface area contributed by atoms with Crippen molar-refractivity contribution in [2.24, 2.45) is 0 Å². The quantitative estimate of drug-likeness (QED) is 0.419. The second-order valence-corrected chi connectivity index (χ2v) is 8.18. The highest BCUT2D eigenvalue weighted by Crippen LogP contribution is 2.41. The molecule has 0 bridgehead atoms. The second kappa shape index (κ2) is 9.21. The van der Waals surface area contributed by atoms with Gasteiger partial charge in [-0.05, 0) is 42.7 Å². The standard InChI is InChI=1S/C29H27NO2/c1-21-13-17-25(18-14-21)29(32,26-19-15-22(2)16-20-26)27(23-9-5-3-6-10-23)30-28(31)24-11-7-4-8-12-24/h3-20,27,32H,1-2H3,(H,30,31)/t27-/m0/s1. The van der Waals surface area contributed by atoms with Crippen molar-refractivity contribution in [1.82, 2.24) is 5.32 Å². The van der Waals surface area contributed by atoms with E-state index in [1.807, 2.05) is 111 Å². The average molecular weight is 422 g/mol. The fraction of sp³-hybridized carbons (Fsp3) is 0.138. The zero-order valence-corrected chi connectivity index (χ0v) is 18.3. The van der Waals surface area contributed by atoms with Gasteiger partial charge in [-0.1, -0.05) is 108 Å². The number of carbonyl (C=O) groups is 1. The largest absolute Gasteiger partial charge is 0.378 e. The summed E-state index contributed by atoms with van der Waals surface area (Å²) in [5.41, 5.74) is 3.52. The molecule has 0 aliphatic carbocycles. The van der Waals surface area contributed by atoms with Crippen molar-refractivity contribution >= 4 is 5.91 Å². The van der Waals surface area contributed by atoms with E-state index >= 15 is 0 Å². The summed E-state index contributed by atoms with van der Waals surface area (Å²) in [7, 11) is 0. The minimum atomic E-state index is -1.48. The lowest BCUT2D eigenvalue weighted by atomic mass is 9.76. The Morgan fingerprint density at radius 3 is 1.59 bits per heavy atom. The average Bonchev–Trinajstić information content (AvgIpc) is 2.84. The van der Waals surface area contributed by atoms with Crippen LogP contribution in [-0.2, 0) is 5.60 Å². The molecular weight excluding hydrogens is 394 g/mol. The first-order valence-corrected chi connectivity index (χ1v) is 10.8. The van der Waals surface area contributed by atoms with Gasteiger partial charge < -0.3 is 10.4 Å². The number of nitrogens with one attached hydrogen (secondary N) is 1. The van der Waals surface area contributed by atoms with E-state index in [4.69, 9.17) is 0 Å². The number of hydrogen-bond donors (Lipinski definition) is 2. The summed E-state index contributed by atoms with van der Waals surface area (Å²) in [6.45, 7) is 4.03. The molecule has 2 N–H and O–H groups in total. The maximum atomic E-state index is 13.2. The van der Waals surface area contributed by atoms with E-state index in [0.29, 0.717) is 16.7 Å². The van der Waals surface area contributed by atoms with Crippen LogP contribution in [0, 0.1) is 13.8 Å². The summed E-state index contributed by atoms with van der Waals surface area (Å²) in [6.07, 6.45) is 0. The molecule has 1 atom stereocenters. The van der Waals surface area contributed by atoms with Gasteiger partial charge in [0.1, 0.15) is 5.60 Å². The van der Waals surface area contributed by atoms with Gasteiger partial charge in [0, 0.05) is 5.56 Å². The van der Waals surface area contributed by atoms with Crippen LogP contribution in [0.5, 0.6) is 0 Å². The van der Waals surface area contributed by atoms with Gasteiger partial charge >= 0.3 is 0 Å². The van der Waals surface area contributed by atoms with E-state index < -0.39 is 11.6 Å². The normalized spacial score (nSPS) is 12.2. The Labute approximate surface area is 189 Å². The fourth-order valence-electron chi connectivity index (χ4n) is 3.99. The molecule has 0 aliphatic heterocycles. The number of carbonyl (C=O) groups excluding carboxylic acids is 1. The number of aryl methyl sites for hydroxylation is 2. The first-order chi connectivity index (χ1) is 15.5. The first-order valence-electron chi connectivity index (χ1n) is 10.8. The molecule has 4 rings (SSSR count). The molecule has 0 saturated heterocycles. The Balaban J connectivity index is 1.89. The smallest absolute Gasteiger partial charge is 0.251 e. The molecule has 0 fully saturated rings. The highest BCUT2D eigenvalue weighted by molar-refractivity contribution is 5.94. The van der Waals surface area contributed by atoms with E-state index in [2.05, 4.69) is 5.32 Å². The van der Waals surface area contributed by atoms with E-state index in [0.717, 1.165) is 16.7 Å². The van der Waals surface area contributed by atoms with Crippen molar-refractivity contribution in [3.05, 3.63) is 143 Å². The van der Waals surface area contributed by atoms with Crippen LogP contribution >= 0.6 is 0 Å². The monoisotopic (exact) mass is 421 g/mol. The van der Waals surface area contributed by atoms with E-state index in [-0.39, 0.29) is 5.91 Å². The van der Waals surface area contributed by atoms with Gasteiger partial charge in [0.25, 0.3) is 5.91 Å². The number of amides is 1. The van der Waals surface area contributed by atoms with Crippen LogP contribution < -0.4 is 5.32 Å². The van der Waals surface area contributed by atoms with Gasteiger partial charge in [-0.15, -0.1) is 0 Å². The lowest BCUT2D eigenvalue weighted by Crippen LogP contribution is -2.45. The molecule has 0 heterocycles. The third-order valence-corrected chi connectivity index (χ3v) is 5.85. The topological polar surface area (TPSA) is 49.3 Å². The first kappa shape index (κ1) is 21.5. The summed E-state index contributed by atoms with van der Waals surface area (Å²) in [4.78, 5) is 13.2. The summed E-state index contributed by atoms with van der Waals surface area (Å²) >= 11 is 0. The van der Waals surface area contributed by atoms with Crippen LogP contribution in [0.15, 0.2) is 109 Å². The van der Waals surface area contributed by atoms with Crippen molar-refractivity contribution in [3.63, 3.8) is 0 Å². The van der Waals surface area contributed by atoms with E-state index in [1.54, 1.807) is 12.1 Å². The molecule has 0 aromatic heterocycles. The van der Waals surface area contributed by atoms with Gasteiger partial charge in [-0.3, -0.25) is 4.79 Å². The number of hydrogen-bond acceptors (Lipinski definition) is 2. The van der Waals surface area contributed by atoms with Crippen molar-refractivity contribution in [2.45, 2.75) is 25.5 Å². The lowest BCUT2D eigenvalue weighted by molar-refractivity contribution is 0.0337. The summed E-state index contributed by atoms with van der Waals surface area (Å²) in [5, 5.41) is 15.6. The molecule has 32 heavy (non-hydrogen) atoms. The Hall–Kier alpha value is -3.69. The van der Waals surface area contributed by atoms with E-state index in [9.17, 15) is 9.90 Å². The Bertz CT molecular complexity index is 1120. The van der Waals surface area contributed by atoms with Crippen LogP contribution in [0.4, 0.5) is 0 Å². The molecule has 4 aromatic carbocycles. The molecule has 0 aliphatic rings. The van der Waals surface area contributed by atoms with Crippen molar-refractivity contribution in [1.29, 1.82) is 0 Å². The fourth-order valence-corrected chi connectivity index (χ4v) is 3.99. The zero-order chi connectivity index (χ0) is 22.6. The Morgan fingerprint density at radius 1 is 0.688 bits per heavy atom. The van der Waals surface area contributed by atoms with Gasteiger partial charge in [0.05, 0.1) is 6.04 Å². The zero-order valence-electron chi connectivity index (χ0n) is 18.3. The molecular formula is C29H27NO2. The van der Waals surface area contributed by atoms with Gasteiger partial charge in [0.2, 0.25) is 0 Å². The SMILES string of the molecule is Cc1ccc(C(O)(c2ccc(C)cc2)[C@@H](NC(=O)c2ccccc2)c2ccccc2)cc1. The second-order valence-electron chi connectivity index (χ2n) is 8.18. The third-order valence-electron chi connectivity index (χ3n) is 5.85. The van der Waals surface area contributed by atoms with Crippen molar-refractivity contribution in [2.75, 3.05) is 0 Å². The van der Waals surface area contributed by atoms with Crippen molar-refractivity contribution < 1.29 is 9.90 Å². The van der Waals surface area contributed by atoms with Crippen LogP contribution in [0.1, 0.15) is 44.2 Å². The molecule has 0 unspecified atom stereocenters. The number of aliphatic hydroxyl groups is 1.